The van der Waals surface area contributed by atoms with Gasteiger partial charge >= 0.3 is 5.97 Å². The molecule has 0 heterocycles. The van der Waals surface area contributed by atoms with Crippen molar-refractivity contribution in [2.75, 3.05) is 6.61 Å². The summed E-state index contributed by atoms with van der Waals surface area (Å²) in [7, 11) is 0. The van der Waals surface area contributed by atoms with Gasteiger partial charge in [-0.25, -0.2) is 9.18 Å². The Balaban J connectivity index is 2.50. The Bertz CT molecular complexity index is 536. The van der Waals surface area contributed by atoms with Gasteiger partial charge in [0.2, 0.25) is 0 Å². The van der Waals surface area contributed by atoms with Crippen molar-refractivity contribution in [3.8, 4) is 0 Å². The topological polar surface area (TPSA) is 55.4 Å². The number of hydrogen-bond acceptors (Lipinski definition) is 3. The minimum Gasteiger partial charge on any atom is -0.452 e. The van der Waals surface area contributed by atoms with Crippen molar-refractivity contribution in [3.05, 3.63) is 40.7 Å². The molecule has 0 radical (unpaired) electrons. The molecule has 1 aromatic carbocycles. The highest BCUT2D eigenvalue weighted by Crippen LogP contribution is 2.20. The van der Waals surface area contributed by atoms with Crippen LogP contribution in [0.3, 0.4) is 0 Å². The number of carbonyl (C=O) groups is 2. The summed E-state index contributed by atoms with van der Waals surface area (Å²) in [5.41, 5.74) is 0.0996. The number of halogens is 2. The minimum atomic E-state index is -0.737. The van der Waals surface area contributed by atoms with E-state index in [1.807, 2.05) is 13.8 Å². The second-order valence-corrected chi connectivity index (χ2v) is 5.06. The molecule has 0 aromatic heterocycles. The van der Waals surface area contributed by atoms with Crippen molar-refractivity contribution in [1.29, 1.82) is 0 Å². The molecule has 4 nitrogen and oxygen atoms in total. The van der Waals surface area contributed by atoms with Crippen LogP contribution in [0.4, 0.5) is 4.39 Å². The third kappa shape index (κ3) is 5.85. The first-order valence-corrected chi connectivity index (χ1v) is 7.43. The largest absolute Gasteiger partial charge is 0.452 e. The molecule has 0 bridgehead atoms. The Morgan fingerprint density at radius 2 is 2.05 bits per heavy atom. The monoisotopic (exact) mass is 327 g/mol. The van der Waals surface area contributed by atoms with Crippen LogP contribution in [0.15, 0.2) is 24.3 Å². The lowest BCUT2D eigenvalue weighted by Gasteiger charge is -2.14. The molecular weight excluding hydrogens is 309 g/mol. The third-order valence-corrected chi connectivity index (χ3v) is 3.41. The molecule has 0 aliphatic rings. The van der Waals surface area contributed by atoms with Gasteiger partial charge in [0.05, 0.1) is 5.02 Å². The van der Waals surface area contributed by atoms with Crippen LogP contribution in [0.1, 0.15) is 32.3 Å². The molecule has 0 saturated heterocycles. The zero-order valence-corrected chi connectivity index (χ0v) is 13.3. The molecular formula is C16H19ClFNO3. The molecule has 0 aliphatic carbocycles. The second kappa shape index (κ2) is 9.20. The zero-order chi connectivity index (χ0) is 16.5. The molecule has 1 N–H and O–H groups in total. The molecule has 22 heavy (non-hydrogen) atoms. The Hall–Kier alpha value is -1.88. The summed E-state index contributed by atoms with van der Waals surface area (Å²) in [5, 5.41) is 2.93. The molecule has 0 fully saturated rings. The number of amides is 1. The van der Waals surface area contributed by atoms with Crippen molar-refractivity contribution < 1.29 is 18.7 Å². The van der Waals surface area contributed by atoms with Crippen LogP contribution in [-0.2, 0) is 14.3 Å². The normalized spacial score (nSPS) is 11.0. The highest BCUT2D eigenvalue weighted by molar-refractivity contribution is 6.32. The fourth-order valence-corrected chi connectivity index (χ4v) is 1.99. The summed E-state index contributed by atoms with van der Waals surface area (Å²) in [4.78, 5) is 23.1. The van der Waals surface area contributed by atoms with Gasteiger partial charge in [-0.1, -0.05) is 31.5 Å². The van der Waals surface area contributed by atoms with Gasteiger partial charge in [0.15, 0.2) is 6.61 Å². The van der Waals surface area contributed by atoms with Gasteiger partial charge < -0.3 is 10.1 Å². The van der Waals surface area contributed by atoms with E-state index in [1.165, 1.54) is 24.3 Å². The van der Waals surface area contributed by atoms with Gasteiger partial charge in [0.25, 0.3) is 5.91 Å². The number of nitrogens with one attached hydrogen (secondary N) is 1. The number of ether oxygens (including phenoxy) is 1. The molecule has 0 aliphatic heterocycles. The van der Waals surface area contributed by atoms with E-state index in [0.29, 0.717) is 0 Å². The second-order valence-electron chi connectivity index (χ2n) is 4.66. The van der Waals surface area contributed by atoms with Gasteiger partial charge in [-0.15, -0.1) is 0 Å². The van der Waals surface area contributed by atoms with E-state index in [9.17, 15) is 14.0 Å². The van der Waals surface area contributed by atoms with Crippen LogP contribution < -0.4 is 5.32 Å². The van der Waals surface area contributed by atoms with E-state index in [2.05, 4.69) is 5.32 Å². The van der Waals surface area contributed by atoms with Crippen LogP contribution in [0.5, 0.6) is 0 Å². The molecule has 6 heteroatoms. The molecule has 0 spiro atoms. The molecule has 0 unspecified atom stereocenters. The van der Waals surface area contributed by atoms with Crippen LogP contribution in [0, 0.1) is 5.82 Å². The maximum absolute atomic E-state index is 13.5. The van der Waals surface area contributed by atoms with Crippen LogP contribution >= 0.6 is 11.6 Å². The van der Waals surface area contributed by atoms with Crippen LogP contribution in [-0.4, -0.2) is 24.5 Å². The van der Waals surface area contributed by atoms with E-state index in [1.54, 1.807) is 0 Å². The molecule has 1 amide bonds. The number of benzene rings is 1. The first-order valence-electron chi connectivity index (χ1n) is 7.06. The maximum atomic E-state index is 13.5. The first kappa shape index (κ1) is 18.2. The predicted molar refractivity (Wildman–Crippen MR) is 83.9 cm³/mol. The Morgan fingerprint density at radius 1 is 1.36 bits per heavy atom. The zero-order valence-electron chi connectivity index (χ0n) is 12.6. The number of esters is 1. The van der Waals surface area contributed by atoms with Crippen molar-refractivity contribution >= 4 is 29.6 Å². The molecule has 1 aromatic rings. The summed E-state index contributed by atoms with van der Waals surface area (Å²) >= 11 is 5.82. The summed E-state index contributed by atoms with van der Waals surface area (Å²) in [5.74, 6) is -1.64. The highest BCUT2D eigenvalue weighted by atomic mass is 35.5. The Labute approximate surface area is 134 Å². The molecule has 1 rings (SSSR count). The van der Waals surface area contributed by atoms with Crippen molar-refractivity contribution in [2.45, 2.75) is 32.7 Å². The van der Waals surface area contributed by atoms with E-state index >= 15 is 0 Å². The van der Waals surface area contributed by atoms with Gasteiger partial charge in [0.1, 0.15) is 5.82 Å². The molecule has 0 atom stereocenters. The van der Waals surface area contributed by atoms with Gasteiger partial charge in [0, 0.05) is 17.7 Å². The number of carbonyl (C=O) groups excluding carboxylic acids is 2. The van der Waals surface area contributed by atoms with Gasteiger partial charge in [-0.05, 0) is 31.1 Å². The Kier molecular flexibility index (Phi) is 7.60. The van der Waals surface area contributed by atoms with E-state index < -0.39 is 11.8 Å². The maximum Gasteiger partial charge on any atom is 0.331 e. The quantitative estimate of drug-likeness (QED) is 0.617. The molecule has 120 valence electrons. The highest BCUT2D eigenvalue weighted by Gasteiger charge is 2.10. The van der Waals surface area contributed by atoms with Crippen molar-refractivity contribution in [1.82, 2.24) is 5.32 Å². The van der Waals surface area contributed by atoms with E-state index in [0.717, 1.165) is 18.9 Å². The lowest BCUT2D eigenvalue weighted by atomic mass is 10.2. The average Bonchev–Trinajstić information content (AvgIpc) is 2.50. The van der Waals surface area contributed by atoms with E-state index in [-0.39, 0.29) is 29.1 Å². The van der Waals surface area contributed by atoms with E-state index in [4.69, 9.17) is 16.3 Å². The van der Waals surface area contributed by atoms with Crippen LogP contribution in [0.2, 0.25) is 5.02 Å². The Morgan fingerprint density at radius 3 is 2.64 bits per heavy atom. The number of hydrogen-bond donors (Lipinski definition) is 1. The first-order chi connectivity index (χ1) is 10.5. The summed E-state index contributed by atoms with van der Waals surface area (Å²) in [6.07, 6.45) is 3.87. The standard InChI is InChI=1S/C16H19ClFNO3/c1-3-11(4-2)19-15(20)10-22-16(21)9-8-12-13(17)6-5-7-14(12)18/h5-9,11H,3-4,10H2,1-2H3,(H,19,20)/b9-8+. The van der Waals surface area contributed by atoms with Crippen molar-refractivity contribution in [2.24, 2.45) is 0 Å². The lowest BCUT2D eigenvalue weighted by Crippen LogP contribution is -2.36. The minimum absolute atomic E-state index is 0.0685. The van der Waals surface area contributed by atoms with Gasteiger partial charge in [-0.2, -0.15) is 0 Å². The van der Waals surface area contributed by atoms with Crippen LogP contribution in [0.25, 0.3) is 6.08 Å². The fraction of sp³-hybridized carbons (Fsp3) is 0.375. The summed E-state index contributed by atoms with van der Waals surface area (Å²) in [6.45, 7) is 3.55. The fourth-order valence-electron chi connectivity index (χ4n) is 1.77. The van der Waals surface area contributed by atoms with Gasteiger partial charge in [-0.3, -0.25) is 4.79 Å². The smallest absolute Gasteiger partial charge is 0.331 e. The van der Waals surface area contributed by atoms with Crippen molar-refractivity contribution in [3.63, 3.8) is 0 Å². The summed E-state index contributed by atoms with van der Waals surface area (Å²) in [6, 6.07) is 4.28. The third-order valence-electron chi connectivity index (χ3n) is 3.08. The number of rotatable bonds is 7. The SMILES string of the molecule is CCC(CC)NC(=O)COC(=O)/C=C/c1c(F)cccc1Cl. The average molecular weight is 328 g/mol. The lowest BCUT2D eigenvalue weighted by molar-refractivity contribution is -0.144. The predicted octanol–water partition coefficient (Wildman–Crippen LogP) is 3.34. The summed E-state index contributed by atoms with van der Waals surface area (Å²) < 4.78 is 18.3. The molecule has 0 saturated carbocycles.